The Bertz CT molecular complexity index is 600. The lowest BCUT2D eigenvalue weighted by Gasteiger charge is -2.37. The number of hydrogen-bond acceptors (Lipinski definition) is 5. The van der Waals surface area contributed by atoms with Gasteiger partial charge in [0.1, 0.15) is 12.2 Å². The molecule has 0 aromatic heterocycles. The Balaban J connectivity index is 1.90. The Morgan fingerprint density at radius 2 is 1.92 bits per heavy atom. The lowest BCUT2D eigenvalue weighted by atomic mass is 9.95. The van der Waals surface area contributed by atoms with Crippen molar-refractivity contribution < 1.29 is 24.2 Å². The number of nitrogens with one attached hydrogen (secondary N) is 1. The van der Waals surface area contributed by atoms with Crippen LogP contribution in [0.3, 0.4) is 0 Å². The highest BCUT2D eigenvalue weighted by Crippen LogP contribution is 2.19. The maximum atomic E-state index is 12.4. The first kappa shape index (κ1) is 20.0. The lowest BCUT2D eigenvalue weighted by Crippen LogP contribution is -2.53. The molecule has 2 amide bonds. The van der Waals surface area contributed by atoms with Crippen molar-refractivity contribution in [1.82, 2.24) is 10.2 Å². The molecule has 1 aromatic rings. The van der Waals surface area contributed by atoms with Crippen LogP contribution in [0.4, 0.5) is 9.59 Å². The molecule has 0 saturated carbocycles. The molecule has 1 aliphatic rings. The van der Waals surface area contributed by atoms with Crippen LogP contribution >= 0.6 is 0 Å². The van der Waals surface area contributed by atoms with E-state index in [0.717, 1.165) is 5.56 Å². The van der Waals surface area contributed by atoms with Gasteiger partial charge in [0.15, 0.2) is 0 Å². The molecule has 0 aliphatic carbocycles. The molecule has 1 aliphatic heterocycles. The molecule has 144 valence electrons. The number of likely N-dealkylation sites (tertiary alicyclic amines) is 1. The van der Waals surface area contributed by atoms with Gasteiger partial charge in [0.2, 0.25) is 0 Å². The highest BCUT2D eigenvalue weighted by molar-refractivity contribution is 5.69. The minimum absolute atomic E-state index is 0.0606. The Hall–Kier alpha value is -2.28. The summed E-state index contributed by atoms with van der Waals surface area (Å²) in [6.45, 7) is 6.21. The van der Waals surface area contributed by atoms with Crippen LogP contribution in [0.5, 0.6) is 0 Å². The van der Waals surface area contributed by atoms with Crippen molar-refractivity contribution in [2.24, 2.45) is 5.92 Å². The van der Waals surface area contributed by atoms with Gasteiger partial charge in [-0.2, -0.15) is 0 Å². The van der Waals surface area contributed by atoms with Crippen LogP contribution < -0.4 is 5.32 Å². The fraction of sp³-hybridized carbons (Fsp3) is 0.579. The summed E-state index contributed by atoms with van der Waals surface area (Å²) in [5, 5.41) is 12.3. The number of aliphatic hydroxyl groups is 1. The summed E-state index contributed by atoms with van der Waals surface area (Å²) < 4.78 is 10.6. The number of piperidine rings is 1. The van der Waals surface area contributed by atoms with E-state index in [1.807, 2.05) is 30.3 Å². The largest absolute Gasteiger partial charge is 0.445 e. The number of benzene rings is 1. The summed E-state index contributed by atoms with van der Waals surface area (Å²) in [5.41, 5.74) is 0.309. The van der Waals surface area contributed by atoms with Crippen LogP contribution in [0.2, 0.25) is 0 Å². The van der Waals surface area contributed by atoms with Crippen LogP contribution in [0.15, 0.2) is 30.3 Å². The van der Waals surface area contributed by atoms with E-state index < -0.39 is 17.8 Å². The van der Waals surface area contributed by atoms with Gasteiger partial charge in [-0.15, -0.1) is 0 Å². The fourth-order valence-electron chi connectivity index (χ4n) is 2.87. The zero-order valence-electron chi connectivity index (χ0n) is 15.6. The fourth-order valence-corrected chi connectivity index (χ4v) is 2.87. The normalized spacial score (nSPS) is 20.4. The molecule has 2 unspecified atom stereocenters. The van der Waals surface area contributed by atoms with E-state index in [4.69, 9.17) is 9.47 Å². The van der Waals surface area contributed by atoms with Crippen molar-refractivity contribution in [2.45, 2.75) is 45.4 Å². The van der Waals surface area contributed by atoms with Crippen LogP contribution in [0.25, 0.3) is 0 Å². The Labute approximate surface area is 154 Å². The molecule has 1 aromatic carbocycles. The highest BCUT2D eigenvalue weighted by atomic mass is 16.6. The van der Waals surface area contributed by atoms with Crippen LogP contribution in [-0.4, -0.2) is 53.5 Å². The molecule has 2 rings (SSSR count). The zero-order chi connectivity index (χ0) is 19.2. The number of carbonyl (C=O) groups is 2. The summed E-state index contributed by atoms with van der Waals surface area (Å²) in [7, 11) is 0. The minimum atomic E-state index is -0.594. The third-order valence-corrected chi connectivity index (χ3v) is 3.98. The van der Waals surface area contributed by atoms with E-state index in [1.54, 1.807) is 20.8 Å². The van der Waals surface area contributed by atoms with Crippen LogP contribution in [0, 0.1) is 5.92 Å². The molecular formula is C19H28N2O5. The van der Waals surface area contributed by atoms with Crippen molar-refractivity contribution in [3.63, 3.8) is 0 Å². The number of rotatable bonds is 4. The number of carbonyl (C=O) groups excluding carboxylic acids is 2. The molecule has 0 radical (unpaired) electrons. The quantitative estimate of drug-likeness (QED) is 0.857. The Morgan fingerprint density at radius 3 is 2.54 bits per heavy atom. The minimum Gasteiger partial charge on any atom is -0.445 e. The molecule has 26 heavy (non-hydrogen) atoms. The van der Waals surface area contributed by atoms with Gasteiger partial charge in [0.25, 0.3) is 0 Å². The van der Waals surface area contributed by atoms with E-state index in [9.17, 15) is 14.7 Å². The van der Waals surface area contributed by atoms with Gasteiger partial charge in [-0.05, 0) is 32.8 Å². The second-order valence-electron chi connectivity index (χ2n) is 7.57. The van der Waals surface area contributed by atoms with Crippen molar-refractivity contribution in [3.05, 3.63) is 35.9 Å². The monoisotopic (exact) mass is 364 g/mol. The summed E-state index contributed by atoms with van der Waals surface area (Å²) in [4.78, 5) is 25.9. The van der Waals surface area contributed by atoms with E-state index in [-0.39, 0.29) is 25.2 Å². The van der Waals surface area contributed by atoms with E-state index >= 15 is 0 Å². The van der Waals surface area contributed by atoms with Gasteiger partial charge in [-0.3, -0.25) is 0 Å². The zero-order valence-corrected chi connectivity index (χ0v) is 15.6. The summed E-state index contributed by atoms with van der Waals surface area (Å²) in [5.74, 6) is -0.118. The number of aliphatic hydroxyl groups excluding tert-OH is 1. The second kappa shape index (κ2) is 8.89. The molecular weight excluding hydrogens is 336 g/mol. The molecule has 1 fully saturated rings. The molecule has 2 N–H and O–H groups in total. The molecule has 0 bridgehead atoms. The Morgan fingerprint density at radius 1 is 1.23 bits per heavy atom. The van der Waals surface area contributed by atoms with Crippen LogP contribution in [0.1, 0.15) is 32.8 Å². The highest BCUT2D eigenvalue weighted by Gasteiger charge is 2.32. The van der Waals surface area contributed by atoms with E-state index in [0.29, 0.717) is 19.5 Å². The molecule has 1 heterocycles. The topological polar surface area (TPSA) is 88.1 Å². The van der Waals surface area contributed by atoms with Gasteiger partial charge < -0.3 is 24.8 Å². The average Bonchev–Trinajstić information content (AvgIpc) is 2.58. The maximum absolute atomic E-state index is 12.4. The van der Waals surface area contributed by atoms with Gasteiger partial charge in [0.05, 0.1) is 6.04 Å². The molecule has 1 saturated heterocycles. The number of nitrogens with zero attached hydrogens (tertiary/aromatic N) is 1. The summed E-state index contributed by atoms with van der Waals surface area (Å²) in [6, 6.07) is 9.13. The van der Waals surface area contributed by atoms with Crippen molar-refractivity contribution in [2.75, 3.05) is 19.7 Å². The van der Waals surface area contributed by atoms with E-state index in [2.05, 4.69) is 5.32 Å². The summed E-state index contributed by atoms with van der Waals surface area (Å²) >= 11 is 0. The second-order valence-corrected chi connectivity index (χ2v) is 7.57. The summed E-state index contributed by atoms with van der Waals surface area (Å²) in [6.07, 6.45) is -0.403. The standard InChI is InChI=1S/C19H28N2O5/c1-19(2,3)26-17(23)20-16-9-15(12-22)10-21(11-16)18(24)25-13-14-7-5-4-6-8-14/h4-8,15-16,22H,9-13H2,1-3H3,(H,20,23). The average molecular weight is 364 g/mol. The number of ether oxygens (including phenoxy) is 2. The smallest absolute Gasteiger partial charge is 0.410 e. The van der Waals surface area contributed by atoms with Gasteiger partial charge in [-0.25, -0.2) is 9.59 Å². The van der Waals surface area contributed by atoms with Crippen molar-refractivity contribution >= 4 is 12.2 Å². The predicted octanol–water partition coefficient (Wildman–Crippen LogP) is 2.53. The number of amides is 2. The third-order valence-electron chi connectivity index (χ3n) is 3.98. The van der Waals surface area contributed by atoms with Crippen molar-refractivity contribution in [1.29, 1.82) is 0 Å². The van der Waals surface area contributed by atoms with Gasteiger partial charge in [0, 0.05) is 25.6 Å². The van der Waals surface area contributed by atoms with Crippen molar-refractivity contribution in [3.8, 4) is 0 Å². The lowest BCUT2D eigenvalue weighted by molar-refractivity contribution is 0.0367. The first-order valence-electron chi connectivity index (χ1n) is 8.83. The third kappa shape index (κ3) is 6.55. The first-order chi connectivity index (χ1) is 12.3. The number of alkyl carbamates (subject to hydrolysis) is 1. The predicted molar refractivity (Wildman–Crippen MR) is 96.6 cm³/mol. The molecule has 0 spiro atoms. The maximum Gasteiger partial charge on any atom is 0.410 e. The van der Waals surface area contributed by atoms with Gasteiger partial charge in [-0.1, -0.05) is 30.3 Å². The van der Waals surface area contributed by atoms with Crippen LogP contribution in [-0.2, 0) is 16.1 Å². The van der Waals surface area contributed by atoms with Gasteiger partial charge >= 0.3 is 12.2 Å². The SMILES string of the molecule is CC(C)(C)OC(=O)NC1CC(CO)CN(C(=O)OCc2ccccc2)C1. The Kier molecular flexibility index (Phi) is 6.85. The molecule has 2 atom stereocenters. The first-order valence-corrected chi connectivity index (χ1v) is 8.83. The number of hydrogen-bond donors (Lipinski definition) is 2. The molecule has 7 nitrogen and oxygen atoms in total. The molecule has 7 heteroatoms. The van der Waals surface area contributed by atoms with E-state index in [1.165, 1.54) is 4.90 Å².